The summed E-state index contributed by atoms with van der Waals surface area (Å²) in [7, 11) is 1.63. The van der Waals surface area contributed by atoms with Crippen molar-refractivity contribution in [2.45, 2.75) is 18.3 Å². The Balaban J connectivity index is 2.11. The van der Waals surface area contributed by atoms with Gasteiger partial charge in [0.05, 0.1) is 12.5 Å². The molecule has 0 aliphatic heterocycles. The third-order valence-electron chi connectivity index (χ3n) is 3.26. The summed E-state index contributed by atoms with van der Waals surface area (Å²) < 4.78 is 5.11. The molecule has 0 spiro atoms. The van der Waals surface area contributed by atoms with Gasteiger partial charge in [-0.1, -0.05) is 12.1 Å². The number of nitrogens with one attached hydrogen (secondary N) is 1. The van der Waals surface area contributed by atoms with Crippen molar-refractivity contribution in [3.63, 3.8) is 0 Å². The monoisotopic (exact) mass is 234 g/mol. The molecule has 4 heteroatoms. The zero-order chi connectivity index (χ0) is 12.3. The Morgan fingerprint density at radius 1 is 1.41 bits per heavy atom. The van der Waals surface area contributed by atoms with E-state index in [2.05, 4.69) is 5.32 Å². The number of amides is 1. The molecule has 1 fully saturated rings. The van der Waals surface area contributed by atoms with Crippen LogP contribution in [0.5, 0.6) is 5.75 Å². The van der Waals surface area contributed by atoms with E-state index in [1.807, 2.05) is 24.3 Å². The number of rotatable bonds is 5. The highest BCUT2D eigenvalue weighted by molar-refractivity contribution is 5.91. The molecule has 0 aromatic heterocycles. The SMILES string of the molecule is COc1ccc(C2(C(=O)NCCN)CC2)cc1. The first-order chi connectivity index (χ1) is 8.23. The van der Waals surface area contributed by atoms with Crippen LogP contribution in [-0.4, -0.2) is 26.1 Å². The summed E-state index contributed by atoms with van der Waals surface area (Å²) in [6.07, 6.45) is 1.82. The van der Waals surface area contributed by atoms with Gasteiger partial charge in [-0.25, -0.2) is 0 Å². The summed E-state index contributed by atoms with van der Waals surface area (Å²) in [5, 5.41) is 2.87. The number of benzene rings is 1. The summed E-state index contributed by atoms with van der Waals surface area (Å²) in [4.78, 5) is 12.0. The van der Waals surface area contributed by atoms with Crippen LogP contribution in [0.3, 0.4) is 0 Å². The van der Waals surface area contributed by atoms with Gasteiger partial charge in [0, 0.05) is 13.1 Å². The van der Waals surface area contributed by atoms with Crippen LogP contribution in [0.4, 0.5) is 0 Å². The lowest BCUT2D eigenvalue weighted by molar-refractivity contribution is -0.123. The number of hydrogen-bond acceptors (Lipinski definition) is 3. The van der Waals surface area contributed by atoms with Gasteiger partial charge in [-0.15, -0.1) is 0 Å². The molecule has 0 bridgehead atoms. The quantitative estimate of drug-likeness (QED) is 0.792. The fraction of sp³-hybridized carbons (Fsp3) is 0.462. The van der Waals surface area contributed by atoms with Crippen molar-refractivity contribution < 1.29 is 9.53 Å². The Morgan fingerprint density at radius 3 is 2.53 bits per heavy atom. The van der Waals surface area contributed by atoms with E-state index in [4.69, 9.17) is 10.5 Å². The highest BCUT2D eigenvalue weighted by Crippen LogP contribution is 2.48. The minimum absolute atomic E-state index is 0.0908. The van der Waals surface area contributed by atoms with E-state index in [9.17, 15) is 4.79 Å². The highest BCUT2D eigenvalue weighted by atomic mass is 16.5. The zero-order valence-corrected chi connectivity index (χ0v) is 10.0. The van der Waals surface area contributed by atoms with Gasteiger partial charge in [0.15, 0.2) is 0 Å². The molecule has 0 saturated heterocycles. The lowest BCUT2D eigenvalue weighted by Crippen LogP contribution is -2.37. The van der Waals surface area contributed by atoms with Crippen molar-refractivity contribution in [1.82, 2.24) is 5.32 Å². The number of ether oxygens (including phenoxy) is 1. The highest BCUT2D eigenvalue weighted by Gasteiger charge is 2.50. The largest absolute Gasteiger partial charge is 0.497 e. The minimum atomic E-state index is -0.318. The van der Waals surface area contributed by atoms with E-state index < -0.39 is 0 Å². The molecule has 3 N–H and O–H groups in total. The number of carbonyl (C=O) groups is 1. The molecule has 2 rings (SSSR count). The first-order valence-electron chi connectivity index (χ1n) is 5.86. The van der Waals surface area contributed by atoms with Crippen molar-refractivity contribution in [2.24, 2.45) is 5.73 Å². The first kappa shape index (κ1) is 11.9. The maximum Gasteiger partial charge on any atom is 0.230 e. The normalized spacial score (nSPS) is 16.4. The summed E-state index contributed by atoms with van der Waals surface area (Å²) in [6, 6.07) is 7.72. The van der Waals surface area contributed by atoms with E-state index >= 15 is 0 Å². The van der Waals surface area contributed by atoms with E-state index in [0.717, 1.165) is 24.2 Å². The Hall–Kier alpha value is -1.55. The summed E-state index contributed by atoms with van der Waals surface area (Å²) >= 11 is 0. The third kappa shape index (κ3) is 2.26. The van der Waals surface area contributed by atoms with Crippen molar-refractivity contribution in [3.05, 3.63) is 29.8 Å². The van der Waals surface area contributed by atoms with Gasteiger partial charge in [-0.2, -0.15) is 0 Å². The Labute approximate surface area is 101 Å². The number of nitrogens with two attached hydrogens (primary N) is 1. The summed E-state index contributed by atoms with van der Waals surface area (Å²) in [6.45, 7) is 1.02. The second-order valence-electron chi connectivity index (χ2n) is 4.36. The lowest BCUT2D eigenvalue weighted by Gasteiger charge is -2.15. The van der Waals surface area contributed by atoms with Gasteiger partial charge in [-0.3, -0.25) is 4.79 Å². The van der Waals surface area contributed by atoms with Crippen LogP contribution >= 0.6 is 0 Å². The number of carbonyl (C=O) groups excluding carboxylic acids is 1. The Morgan fingerprint density at radius 2 is 2.06 bits per heavy atom. The van der Waals surface area contributed by atoms with Crippen LogP contribution < -0.4 is 15.8 Å². The van der Waals surface area contributed by atoms with Gasteiger partial charge in [-0.05, 0) is 30.5 Å². The minimum Gasteiger partial charge on any atom is -0.497 e. The molecule has 4 nitrogen and oxygen atoms in total. The van der Waals surface area contributed by atoms with Crippen LogP contribution in [-0.2, 0) is 10.2 Å². The van der Waals surface area contributed by atoms with E-state index in [0.29, 0.717) is 13.1 Å². The van der Waals surface area contributed by atoms with Crippen LogP contribution in [0.2, 0.25) is 0 Å². The molecular weight excluding hydrogens is 216 g/mol. The fourth-order valence-corrected chi connectivity index (χ4v) is 2.04. The molecule has 1 aliphatic rings. The molecule has 1 amide bonds. The predicted octanol–water partition coefficient (Wildman–Crippen LogP) is 0.802. The lowest BCUT2D eigenvalue weighted by atomic mass is 9.95. The van der Waals surface area contributed by atoms with Gasteiger partial charge in [0.25, 0.3) is 0 Å². The molecule has 0 heterocycles. The molecule has 0 unspecified atom stereocenters. The van der Waals surface area contributed by atoms with E-state index in [1.165, 1.54) is 0 Å². The van der Waals surface area contributed by atoms with Gasteiger partial charge < -0.3 is 15.8 Å². The second-order valence-corrected chi connectivity index (χ2v) is 4.36. The Bertz CT molecular complexity index is 396. The molecule has 17 heavy (non-hydrogen) atoms. The van der Waals surface area contributed by atoms with Gasteiger partial charge in [0.2, 0.25) is 5.91 Å². The summed E-state index contributed by atoms with van der Waals surface area (Å²) in [5.74, 6) is 0.903. The molecule has 0 atom stereocenters. The van der Waals surface area contributed by atoms with Crippen LogP contribution in [0, 0.1) is 0 Å². The molecule has 1 aliphatic carbocycles. The maximum atomic E-state index is 12.0. The summed E-state index contributed by atoms with van der Waals surface area (Å²) in [5.41, 5.74) is 6.13. The average Bonchev–Trinajstić information content (AvgIpc) is 3.17. The standard InChI is InChI=1S/C13H18N2O2/c1-17-11-4-2-10(3-5-11)13(6-7-13)12(16)15-9-8-14/h2-5H,6-9,14H2,1H3,(H,15,16). The van der Waals surface area contributed by atoms with E-state index in [-0.39, 0.29) is 11.3 Å². The molecule has 1 saturated carbocycles. The van der Waals surface area contributed by atoms with Gasteiger partial charge in [0.1, 0.15) is 5.75 Å². The Kier molecular flexibility index (Phi) is 3.33. The van der Waals surface area contributed by atoms with Crippen molar-refractivity contribution in [1.29, 1.82) is 0 Å². The molecular formula is C13H18N2O2. The maximum absolute atomic E-state index is 12.0. The van der Waals surface area contributed by atoms with Crippen molar-refractivity contribution in [2.75, 3.05) is 20.2 Å². The molecule has 92 valence electrons. The van der Waals surface area contributed by atoms with Gasteiger partial charge >= 0.3 is 0 Å². The zero-order valence-electron chi connectivity index (χ0n) is 10.0. The number of methoxy groups -OCH3 is 1. The fourth-order valence-electron chi connectivity index (χ4n) is 2.04. The molecule has 0 radical (unpaired) electrons. The second kappa shape index (κ2) is 4.75. The topological polar surface area (TPSA) is 64.3 Å². The number of hydrogen-bond donors (Lipinski definition) is 2. The predicted molar refractivity (Wildman–Crippen MR) is 66.0 cm³/mol. The average molecular weight is 234 g/mol. The van der Waals surface area contributed by atoms with Crippen LogP contribution in [0.1, 0.15) is 18.4 Å². The van der Waals surface area contributed by atoms with Crippen molar-refractivity contribution >= 4 is 5.91 Å². The van der Waals surface area contributed by atoms with Crippen molar-refractivity contribution in [3.8, 4) is 5.75 Å². The van der Waals surface area contributed by atoms with E-state index in [1.54, 1.807) is 7.11 Å². The molecule has 1 aromatic rings. The molecule has 1 aromatic carbocycles. The third-order valence-corrected chi connectivity index (χ3v) is 3.26. The van der Waals surface area contributed by atoms with Crippen LogP contribution in [0.25, 0.3) is 0 Å². The smallest absolute Gasteiger partial charge is 0.230 e. The van der Waals surface area contributed by atoms with Crippen LogP contribution in [0.15, 0.2) is 24.3 Å². The first-order valence-corrected chi connectivity index (χ1v) is 5.86.